The number of nitrogens with zero attached hydrogens (tertiary/aromatic N) is 1. The summed E-state index contributed by atoms with van der Waals surface area (Å²) in [7, 11) is 1.17. The largest absolute Gasteiger partial charge is 0.465 e. The molecule has 1 N–H and O–H groups in total. The maximum absolute atomic E-state index is 14.0. The Bertz CT molecular complexity index is 983. The second-order valence-electron chi connectivity index (χ2n) is 6.43. The van der Waals surface area contributed by atoms with Gasteiger partial charge in [0.05, 0.1) is 29.2 Å². The number of ether oxygens (including phenoxy) is 2. The number of thiazole rings is 1. The number of esters is 1. The molecule has 0 aliphatic rings. The number of hydrogen-bond donors (Lipinski definition) is 1. The molecule has 3 aromatic rings. The van der Waals surface area contributed by atoms with Crippen molar-refractivity contribution >= 4 is 17.3 Å². The van der Waals surface area contributed by atoms with Crippen molar-refractivity contribution in [3.05, 3.63) is 64.5 Å². The van der Waals surface area contributed by atoms with Gasteiger partial charge in [-0.3, -0.25) is 0 Å². The minimum atomic E-state index is -0.812. The quantitative estimate of drug-likeness (QED) is 0.579. The van der Waals surface area contributed by atoms with Crippen LogP contribution < -0.4 is 4.74 Å². The van der Waals surface area contributed by atoms with Crippen LogP contribution in [0.15, 0.2) is 42.6 Å². The number of aliphatic hydroxyl groups excluding tert-OH is 1. The highest BCUT2D eigenvalue weighted by atomic mass is 32.1. The molecule has 0 fully saturated rings. The third-order valence-corrected chi connectivity index (χ3v) is 5.46. The highest BCUT2D eigenvalue weighted by molar-refractivity contribution is 7.15. The van der Waals surface area contributed by atoms with E-state index in [2.05, 4.69) is 23.6 Å². The highest BCUT2D eigenvalue weighted by Gasteiger charge is 2.17. The molecule has 0 radical (unpaired) electrons. The number of aromatic nitrogens is 1. The third kappa shape index (κ3) is 4.21. The van der Waals surface area contributed by atoms with E-state index in [0.29, 0.717) is 11.7 Å². The summed E-state index contributed by atoms with van der Waals surface area (Å²) in [6, 6.07) is 9.64. The van der Waals surface area contributed by atoms with Crippen LogP contribution in [-0.2, 0) is 11.3 Å². The number of benzene rings is 2. The predicted molar refractivity (Wildman–Crippen MR) is 105 cm³/mol. The van der Waals surface area contributed by atoms with Gasteiger partial charge in [-0.2, -0.15) is 0 Å². The number of rotatable bonds is 6. The van der Waals surface area contributed by atoms with Crippen molar-refractivity contribution < 1.29 is 23.8 Å². The average Bonchev–Trinajstić information content (AvgIpc) is 3.19. The van der Waals surface area contributed by atoms with Crippen LogP contribution in [0.25, 0.3) is 10.4 Å². The lowest BCUT2D eigenvalue weighted by Crippen LogP contribution is -2.06. The van der Waals surface area contributed by atoms with E-state index in [1.54, 1.807) is 23.5 Å². The zero-order valence-electron chi connectivity index (χ0n) is 15.7. The Morgan fingerprint density at radius 3 is 2.54 bits per heavy atom. The topological polar surface area (TPSA) is 68.7 Å². The van der Waals surface area contributed by atoms with Crippen LogP contribution >= 0.6 is 11.3 Å². The van der Waals surface area contributed by atoms with E-state index >= 15 is 0 Å². The van der Waals surface area contributed by atoms with Crippen LogP contribution in [0.4, 0.5) is 4.39 Å². The molecule has 28 heavy (non-hydrogen) atoms. The summed E-state index contributed by atoms with van der Waals surface area (Å²) >= 11 is 1.64. The lowest BCUT2D eigenvalue weighted by Gasteiger charge is -2.12. The molecule has 0 bridgehead atoms. The van der Waals surface area contributed by atoms with E-state index in [1.807, 2.05) is 18.3 Å². The number of carbonyl (C=O) groups excluding carboxylic acids is 1. The smallest absolute Gasteiger partial charge is 0.340 e. The van der Waals surface area contributed by atoms with Crippen LogP contribution in [0.2, 0.25) is 0 Å². The van der Waals surface area contributed by atoms with Gasteiger partial charge in [-0.25, -0.2) is 14.2 Å². The molecule has 0 amide bonds. The molecule has 1 aromatic heterocycles. The first kappa shape index (κ1) is 20.0. The molecule has 1 heterocycles. The van der Waals surface area contributed by atoms with Crippen LogP contribution in [-0.4, -0.2) is 23.2 Å². The normalized spacial score (nSPS) is 10.9. The van der Waals surface area contributed by atoms with E-state index in [-0.39, 0.29) is 16.9 Å². The molecule has 0 aliphatic heterocycles. The second kappa shape index (κ2) is 8.50. The average molecular weight is 401 g/mol. The van der Waals surface area contributed by atoms with Crippen LogP contribution in [0, 0.1) is 5.82 Å². The van der Waals surface area contributed by atoms with Gasteiger partial charge in [-0.15, -0.1) is 11.3 Å². The Labute approximate surface area is 166 Å². The van der Waals surface area contributed by atoms with Gasteiger partial charge >= 0.3 is 5.97 Å². The standard InChI is InChI=1S/C21H20FNO4S/c1-12(2)20-23-10-19(28-20)13-4-6-15(7-5-13)27-18-9-16(21(25)26-3)17(22)8-14(18)11-24/h4-10,12,24H,11H2,1-3H3. The molecule has 3 rings (SSSR count). The van der Waals surface area contributed by atoms with Crippen LogP contribution in [0.3, 0.4) is 0 Å². The van der Waals surface area contributed by atoms with Crippen molar-refractivity contribution in [2.75, 3.05) is 7.11 Å². The Kier molecular flexibility index (Phi) is 6.06. The van der Waals surface area contributed by atoms with E-state index in [9.17, 15) is 14.3 Å². The maximum Gasteiger partial charge on any atom is 0.340 e. The van der Waals surface area contributed by atoms with Crippen molar-refractivity contribution in [3.8, 4) is 21.9 Å². The fourth-order valence-corrected chi connectivity index (χ4v) is 3.51. The summed E-state index contributed by atoms with van der Waals surface area (Å²) in [5.41, 5.74) is 0.990. The van der Waals surface area contributed by atoms with Gasteiger partial charge in [0.25, 0.3) is 0 Å². The second-order valence-corrected chi connectivity index (χ2v) is 7.50. The number of aliphatic hydroxyl groups is 1. The number of carbonyl (C=O) groups is 1. The Morgan fingerprint density at radius 2 is 1.96 bits per heavy atom. The van der Waals surface area contributed by atoms with Gasteiger partial charge in [0.15, 0.2) is 0 Å². The summed E-state index contributed by atoms with van der Waals surface area (Å²) in [6.45, 7) is 3.78. The summed E-state index contributed by atoms with van der Waals surface area (Å²) in [5.74, 6) is -0.523. The van der Waals surface area contributed by atoms with Crippen LogP contribution in [0.5, 0.6) is 11.5 Å². The van der Waals surface area contributed by atoms with Crippen molar-refractivity contribution in [2.45, 2.75) is 26.4 Å². The lowest BCUT2D eigenvalue weighted by molar-refractivity contribution is 0.0595. The summed E-state index contributed by atoms with van der Waals surface area (Å²) in [6.07, 6.45) is 1.85. The Hall–Kier alpha value is -2.77. The van der Waals surface area contributed by atoms with Crippen molar-refractivity contribution in [2.24, 2.45) is 0 Å². The molecule has 2 aromatic carbocycles. The van der Waals surface area contributed by atoms with Gasteiger partial charge < -0.3 is 14.6 Å². The molecular formula is C21H20FNO4S. The van der Waals surface area contributed by atoms with Crippen molar-refractivity contribution in [1.29, 1.82) is 0 Å². The molecule has 0 spiro atoms. The summed E-state index contributed by atoms with van der Waals surface area (Å²) in [4.78, 5) is 17.2. The zero-order chi connectivity index (χ0) is 20.3. The molecule has 146 valence electrons. The first-order valence-corrected chi connectivity index (χ1v) is 9.50. The predicted octanol–water partition coefficient (Wildman–Crippen LogP) is 5.14. The van der Waals surface area contributed by atoms with E-state index < -0.39 is 18.4 Å². The molecule has 0 aliphatic carbocycles. The van der Waals surface area contributed by atoms with E-state index in [4.69, 9.17) is 4.74 Å². The van der Waals surface area contributed by atoms with Crippen LogP contribution in [0.1, 0.15) is 40.7 Å². The van der Waals surface area contributed by atoms with E-state index in [0.717, 1.165) is 21.5 Å². The van der Waals surface area contributed by atoms with E-state index in [1.165, 1.54) is 13.2 Å². The van der Waals surface area contributed by atoms with Gasteiger partial charge in [0.1, 0.15) is 17.3 Å². The highest BCUT2D eigenvalue weighted by Crippen LogP contribution is 2.33. The first-order valence-electron chi connectivity index (χ1n) is 8.68. The fourth-order valence-electron chi connectivity index (χ4n) is 2.58. The maximum atomic E-state index is 14.0. The molecule has 5 nitrogen and oxygen atoms in total. The van der Waals surface area contributed by atoms with Crippen molar-refractivity contribution in [3.63, 3.8) is 0 Å². The monoisotopic (exact) mass is 401 g/mol. The van der Waals surface area contributed by atoms with Gasteiger partial charge in [0, 0.05) is 17.7 Å². The number of halogens is 1. The Morgan fingerprint density at radius 1 is 1.25 bits per heavy atom. The fraction of sp³-hybridized carbons (Fsp3) is 0.238. The zero-order valence-corrected chi connectivity index (χ0v) is 16.5. The molecule has 0 atom stereocenters. The third-order valence-electron chi connectivity index (χ3n) is 4.11. The molecular weight excluding hydrogens is 381 g/mol. The summed E-state index contributed by atoms with van der Waals surface area (Å²) < 4.78 is 24.4. The molecule has 0 saturated heterocycles. The van der Waals surface area contributed by atoms with Gasteiger partial charge in [-0.05, 0) is 42.0 Å². The lowest BCUT2D eigenvalue weighted by atomic mass is 10.1. The van der Waals surface area contributed by atoms with Gasteiger partial charge in [0.2, 0.25) is 0 Å². The minimum Gasteiger partial charge on any atom is -0.465 e. The Balaban J connectivity index is 1.86. The molecule has 7 heteroatoms. The molecule has 0 unspecified atom stereocenters. The first-order chi connectivity index (χ1) is 13.4. The number of hydrogen-bond acceptors (Lipinski definition) is 6. The molecule has 0 saturated carbocycles. The number of methoxy groups -OCH3 is 1. The summed E-state index contributed by atoms with van der Waals surface area (Å²) in [5, 5.41) is 10.6. The van der Waals surface area contributed by atoms with Gasteiger partial charge in [-0.1, -0.05) is 13.8 Å². The SMILES string of the molecule is COC(=O)c1cc(Oc2ccc(-c3cnc(C(C)C)s3)cc2)c(CO)cc1F. The van der Waals surface area contributed by atoms with Crippen molar-refractivity contribution in [1.82, 2.24) is 4.98 Å². The minimum absolute atomic E-state index is 0.192.